The topological polar surface area (TPSA) is 20.3 Å². The lowest BCUT2D eigenvalue weighted by Gasteiger charge is -2.40. The van der Waals surface area contributed by atoms with E-state index < -0.39 is 0 Å². The maximum Gasteiger partial charge on any atom is 0.137 e. The van der Waals surface area contributed by atoms with Crippen LogP contribution in [0.3, 0.4) is 0 Å². The lowest BCUT2D eigenvalue weighted by atomic mass is 9.91. The van der Waals surface area contributed by atoms with Crippen LogP contribution in [0, 0.1) is 0 Å². The van der Waals surface area contributed by atoms with Crippen molar-refractivity contribution in [3.63, 3.8) is 0 Å². The zero-order valence-electron chi connectivity index (χ0n) is 8.95. The van der Waals surface area contributed by atoms with E-state index in [0.717, 1.165) is 19.0 Å². The second-order valence-corrected chi connectivity index (χ2v) is 4.73. The first-order chi connectivity index (χ1) is 6.92. The first-order valence-corrected chi connectivity index (χ1v) is 6.13. The summed E-state index contributed by atoms with van der Waals surface area (Å²) in [6.07, 6.45) is 11.6. The Hall–Kier alpha value is -0.370. The van der Waals surface area contributed by atoms with Crippen LogP contribution in [-0.4, -0.2) is 29.8 Å². The van der Waals surface area contributed by atoms with Crippen molar-refractivity contribution in [3.05, 3.63) is 0 Å². The molecule has 0 spiro atoms. The molecule has 80 valence electrons. The molecule has 0 aromatic rings. The minimum absolute atomic E-state index is 0.242. The fourth-order valence-corrected chi connectivity index (χ4v) is 2.99. The van der Waals surface area contributed by atoms with Crippen molar-refractivity contribution < 1.29 is 4.79 Å². The summed E-state index contributed by atoms with van der Waals surface area (Å²) < 4.78 is 0. The number of likely N-dealkylation sites (tertiary alicyclic amines) is 1. The highest BCUT2D eigenvalue weighted by Crippen LogP contribution is 2.27. The van der Waals surface area contributed by atoms with E-state index in [1.54, 1.807) is 0 Å². The number of nitrogens with zero attached hydrogens (tertiary/aromatic N) is 1. The molecule has 0 amide bonds. The Bertz CT molecular complexity index is 187. The third kappa shape index (κ3) is 2.17. The highest BCUT2D eigenvalue weighted by atomic mass is 16.1. The van der Waals surface area contributed by atoms with Gasteiger partial charge in [0.25, 0.3) is 0 Å². The molecule has 1 aliphatic heterocycles. The number of piperidine rings is 1. The van der Waals surface area contributed by atoms with Gasteiger partial charge in [-0.25, -0.2) is 0 Å². The molecule has 1 unspecified atom stereocenters. The zero-order chi connectivity index (χ0) is 9.80. The average Bonchev–Trinajstić information content (AvgIpc) is 2.30. The van der Waals surface area contributed by atoms with Gasteiger partial charge in [-0.15, -0.1) is 0 Å². The van der Waals surface area contributed by atoms with Gasteiger partial charge in [0.15, 0.2) is 0 Å². The van der Waals surface area contributed by atoms with Crippen molar-refractivity contribution >= 4 is 6.29 Å². The lowest BCUT2D eigenvalue weighted by Crippen LogP contribution is -2.47. The van der Waals surface area contributed by atoms with Crippen LogP contribution in [0.1, 0.15) is 51.4 Å². The molecule has 0 aromatic carbocycles. The molecule has 14 heavy (non-hydrogen) atoms. The third-order valence-corrected chi connectivity index (χ3v) is 3.79. The molecule has 2 rings (SSSR count). The van der Waals surface area contributed by atoms with Gasteiger partial charge in [0.05, 0.1) is 6.04 Å². The van der Waals surface area contributed by atoms with Gasteiger partial charge in [-0.1, -0.05) is 25.7 Å². The molecule has 2 nitrogen and oxygen atoms in total. The van der Waals surface area contributed by atoms with Crippen LogP contribution in [0.4, 0.5) is 0 Å². The average molecular weight is 195 g/mol. The molecule has 2 fully saturated rings. The van der Waals surface area contributed by atoms with Crippen molar-refractivity contribution in [1.82, 2.24) is 4.90 Å². The molecular formula is C12H21NO. The van der Waals surface area contributed by atoms with Gasteiger partial charge < -0.3 is 4.79 Å². The molecule has 1 heterocycles. The fraction of sp³-hybridized carbons (Fsp3) is 0.917. The Balaban J connectivity index is 1.94. The monoisotopic (exact) mass is 195 g/mol. The maximum absolute atomic E-state index is 11.0. The highest BCUT2D eigenvalue weighted by Gasteiger charge is 2.29. The summed E-state index contributed by atoms with van der Waals surface area (Å²) in [5.41, 5.74) is 0. The number of hydrogen-bond acceptors (Lipinski definition) is 2. The van der Waals surface area contributed by atoms with Crippen LogP contribution >= 0.6 is 0 Å². The minimum Gasteiger partial charge on any atom is -0.302 e. The second kappa shape index (κ2) is 4.92. The highest BCUT2D eigenvalue weighted by molar-refractivity contribution is 5.57. The Kier molecular flexibility index (Phi) is 3.57. The van der Waals surface area contributed by atoms with Crippen LogP contribution in [0.25, 0.3) is 0 Å². The SMILES string of the molecule is O=CC1CCCCN1C1CCCCC1. The molecule has 0 N–H and O–H groups in total. The third-order valence-electron chi connectivity index (χ3n) is 3.79. The van der Waals surface area contributed by atoms with Gasteiger partial charge in [-0.3, -0.25) is 4.90 Å². The van der Waals surface area contributed by atoms with Gasteiger partial charge in [-0.2, -0.15) is 0 Å². The molecular weight excluding hydrogens is 174 g/mol. The summed E-state index contributed by atoms with van der Waals surface area (Å²) in [5, 5.41) is 0. The van der Waals surface area contributed by atoms with Gasteiger partial charge in [0.1, 0.15) is 6.29 Å². The van der Waals surface area contributed by atoms with E-state index >= 15 is 0 Å². The number of hydrogen-bond donors (Lipinski definition) is 0. The van der Waals surface area contributed by atoms with Crippen LogP contribution in [-0.2, 0) is 4.79 Å². The van der Waals surface area contributed by atoms with Gasteiger partial charge >= 0.3 is 0 Å². The molecule has 1 atom stereocenters. The first-order valence-electron chi connectivity index (χ1n) is 6.13. The maximum atomic E-state index is 11.0. The number of aldehydes is 1. The number of carbonyl (C=O) groups excluding carboxylic acids is 1. The molecule has 2 aliphatic rings. The summed E-state index contributed by atoms with van der Waals surface area (Å²) in [7, 11) is 0. The van der Waals surface area contributed by atoms with Crippen LogP contribution in [0.15, 0.2) is 0 Å². The van der Waals surface area contributed by atoms with Gasteiger partial charge in [0.2, 0.25) is 0 Å². The fourth-order valence-electron chi connectivity index (χ4n) is 2.99. The summed E-state index contributed by atoms with van der Waals surface area (Å²) in [6, 6.07) is 0.964. The minimum atomic E-state index is 0.242. The molecule has 1 saturated heterocycles. The van der Waals surface area contributed by atoms with Crippen molar-refractivity contribution in [2.24, 2.45) is 0 Å². The van der Waals surface area contributed by atoms with Crippen molar-refractivity contribution in [3.8, 4) is 0 Å². The largest absolute Gasteiger partial charge is 0.302 e. The van der Waals surface area contributed by atoms with E-state index in [1.165, 1.54) is 51.2 Å². The van der Waals surface area contributed by atoms with Crippen LogP contribution in [0.5, 0.6) is 0 Å². The number of carbonyl (C=O) groups is 1. The molecule has 0 bridgehead atoms. The summed E-state index contributed by atoms with van der Waals surface area (Å²) in [6.45, 7) is 1.16. The Morgan fingerprint density at radius 2 is 1.64 bits per heavy atom. The van der Waals surface area contributed by atoms with E-state index in [4.69, 9.17) is 0 Å². The molecule has 0 aromatic heterocycles. The Morgan fingerprint density at radius 3 is 2.36 bits per heavy atom. The predicted molar refractivity (Wildman–Crippen MR) is 57.3 cm³/mol. The number of rotatable bonds is 2. The Morgan fingerprint density at radius 1 is 0.929 bits per heavy atom. The summed E-state index contributed by atoms with van der Waals surface area (Å²) in [5.74, 6) is 0. The molecule has 2 heteroatoms. The predicted octanol–water partition coefficient (Wildman–Crippen LogP) is 2.37. The van der Waals surface area contributed by atoms with E-state index in [9.17, 15) is 4.79 Å². The van der Waals surface area contributed by atoms with E-state index in [0.29, 0.717) is 0 Å². The lowest BCUT2D eigenvalue weighted by molar-refractivity contribution is -0.114. The first kappa shape index (κ1) is 10.2. The summed E-state index contributed by atoms with van der Waals surface area (Å²) in [4.78, 5) is 13.5. The van der Waals surface area contributed by atoms with Crippen molar-refractivity contribution in [2.75, 3.05) is 6.54 Å². The summed E-state index contributed by atoms with van der Waals surface area (Å²) >= 11 is 0. The smallest absolute Gasteiger partial charge is 0.137 e. The normalized spacial score (nSPS) is 31.6. The van der Waals surface area contributed by atoms with Gasteiger partial charge in [-0.05, 0) is 32.2 Å². The second-order valence-electron chi connectivity index (χ2n) is 4.73. The molecule has 1 saturated carbocycles. The molecule has 0 radical (unpaired) electrons. The van der Waals surface area contributed by atoms with Crippen LogP contribution in [0.2, 0.25) is 0 Å². The standard InChI is InChI=1S/C12H21NO/c14-10-12-8-4-5-9-13(12)11-6-2-1-3-7-11/h10-12H,1-9H2. The molecule has 1 aliphatic carbocycles. The zero-order valence-corrected chi connectivity index (χ0v) is 8.95. The Labute approximate surface area is 86.7 Å². The van der Waals surface area contributed by atoms with E-state index in [2.05, 4.69) is 4.90 Å². The van der Waals surface area contributed by atoms with E-state index in [-0.39, 0.29) is 6.04 Å². The quantitative estimate of drug-likeness (QED) is 0.630. The van der Waals surface area contributed by atoms with Crippen molar-refractivity contribution in [1.29, 1.82) is 0 Å². The van der Waals surface area contributed by atoms with Crippen molar-refractivity contribution in [2.45, 2.75) is 63.5 Å². The van der Waals surface area contributed by atoms with Gasteiger partial charge in [0, 0.05) is 6.04 Å². The van der Waals surface area contributed by atoms with Crippen LogP contribution < -0.4 is 0 Å². The van der Waals surface area contributed by atoms with E-state index in [1.807, 2.05) is 0 Å².